The molecule has 1 N–H and O–H groups in total. The van der Waals surface area contributed by atoms with Gasteiger partial charge in [0.2, 0.25) is 0 Å². The Labute approximate surface area is 142 Å². The average molecular weight is 370 g/mol. The fraction of sp³-hybridized carbons (Fsp3) is 0.154. The Morgan fingerprint density at radius 2 is 2.22 bits per heavy atom. The van der Waals surface area contributed by atoms with Gasteiger partial charge < -0.3 is 0 Å². The number of aromatic nitrogens is 4. The predicted octanol–water partition coefficient (Wildman–Crippen LogP) is 2.88. The molecule has 2 heterocycles. The van der Waals surface area contributed by atoms with Gasteiger partial charge in [-0.3, -0.25) is 9.40 Å². The van der Waals surface area contributed by atoms with Crippen molar-refractivity contribution in [2.75, 3.05) is 4.72 Å². The molecule has 0 saturated heterocycles. The van der Waals surface area contributed by atoms with Crippen molar-refractivity contribution >= 4 is 38.8 Å². The summed E-state index contributed by atoms with van der Waals surface area (Å²) in [5.74, 6) is 0. The van der Waals surface area contributed by atoms with E-state index >= 15 is 0 Å². The summed E-state index contributed by atoms with van der Waals surface area (Å²) in [6.45, 7) is 2.48. The van der Waals surface area contributed by atoms with E-state index in [1.165, 1.54) is 12.4 Å². The van der Waals surface area contributed by atoms with Gasteiger partial charge in [0.1, 0.15) is 14.9 Å². The predicted molar refractivity (Wildman–Crippen MR) is 89.1 cm³/mol. The van der Waals surface area contributed by atoms with Gasteiger partial charge in [-0.05, 0) is 19.1 Å². The van der Waals surface area contributed by atoms with Crippen molar-refractivity contribution in [2.24, 2.45) is 0 Å². The molecule has 2 aromatic heterocycles. The molecule has 3 aromatic rings. The number of aryl methyl sites for hydroxylation is 1. The lowest BCUT2D eigenvalue weighted by atomic mass is 10.1. The minimum atomic E-state index is -3.70. The number of nitrogens with zero attached hydrogens (tertiary/aromatic N) is 4. The van der Waals surface area contributed by atoms with Crippen LogP contribution in [0.25, 0.3) is 11.3 Å². The zero-order valence-electron chi connectivity index (χ0n) is 12.0. The van der Waals surface area contributed by atoms with E-state index in [1.54, 1.807) is 28.9 Å². The zero-order chi connectivity index (χ0) is 16.4. The first-order chi connectivity index (χ1) is 11.0. The Kier molecular flexibility index (Phi) is 4.33. The van der Waals surface area contributed by atoms with Gasteiger partial charge in [-0.2, -0.15) is 5.10 Å². The standard InChI is InChI=1S/C13H12ClN5O2S2/c1-2-19-8-11(7-15-19)23(20,21)17-10-5-3-4-9(6-10)12-13(14)22-18-16-12/h3-8,17H,2H2,1H3. The summed E-state index contributed by atoms with van der Waals surface area (Å²) in [6.07, 6.45) is 2.80. The highest BCUT2D eigenvalue weighted by molar-refractivity contribution is 7.92. The van der Waals surface area contributed by atoms with Crippen molar-refractivity contribution in [2.45, 2.75) is 18.4 Å². The maximum Gasteiger partial charge on any atom is 0.265 e. The molecule has 0 radical (unpaired) electrons. The second-order valence-corrected chi connectivity index (χ2v) is 7.65. The van der Waals surface area contributed by atoms with Crippen molar-refractivity contribution in [1.82, 2.24) is 19.4 Å². The van der Waals surface area contributed by atoms with Crippen molar-refractivity contribution in [3.8, 4) is 11.3 Å². The second-order valence-electron chi connectivity index (χ2n) is 4.61. The van der Waals surface area contributed by atoms with Gasteiger partial charge >= 0.3 is 0 Å². The molecular formula is C13H12ClN5O2S2. The van der Waals surface area contributed by atoms with Gasteiger partial charge in [0, 0.05) is 35.5 Å². The van der Waals surface area contributed by atoms with Crippen LogP contribution < -0.4 is 4.72 Å². The van der Waals surface area contributed by atoms with Crippen LogP contribution in [0.4, 0.5) is 5.69 Å². The van der Waals surface area contributed by atoms with Gasteiger partial charge in [-0.1, -0.05) is 28.2 Å². The molecule has 0 unspecified atom stereocenters. The highest BCUT2D eigenvalue weighted by Gasteiger charge is 2.17. The van der Waals surface area contributed by atoms with Crippen LogP contribution in [0.1, 0.15) is 6.92 Å². The molecule has 3 rings (SSSR count). The molecule has 0 aliphatic carbocycles. The molecule has 120 valence electrons. The molecule has 23 heavy (non-hydrogen) atoms. The summed E-state index contributed by atoms with van der Waals surface area (Å²) >= 11 is 7.09. The Hall–Kier alpha value is -1.97. The molecule has 0 aliphatic heterocycles. The molecule has 0 spiro atoms. The molecule has 0 amide bonds. The zero-order valence-corrected chi connectivity index (χ0v) is 14.4. The fourth-order valence-electron chi connectivity index (χ4n) is 1.95. The van der Waals surface area contributed by atoms with E-state index in [1.807, 2.05) is 6.92 Å². The minimum Gasteiger partial charge on any atom is -0.280 e. The molecule has 0 atom stereocenters. The normalized spacial score (nSPS) is 11.6. The third-order valence-electron chi connectivity index (χ3n) is 3.08. The van der Waals surface area contributed by atoms with Crippen molar-refractivity contribution in [3.63, 3.8) is 0 Å². The Morgan fingerprint density at radius 1 is 1.39 bits per heavy atom. The number of hydrogen-bond donors (Lipinski definition) is 1. The lowest BCUT2D eigenvalue weighted by Crippen LogP contribution is -2.12. The summed E-state index contributed by atoms with van der Waals surface area (Å²) < 4.78 is 33.1. The largest absolute Gasteiger partial charge is 0.280 e. The van der Waals surface area contributed by atoms with E-state index in [2.05, 4.69) is 19.4 Å². The summed E-state index contributed by atoms with van der Waals surface area (Å²) in [7, 11) is -3.70. The summed E-state index contributed by atoms with van der Waals surface area (Å²) in [4.78, 5) is 0.109. The van der Waals surface area contributed by atoms with Crippen LogP contribution in [0.15, 0.2) is 41.6 Å². The highest BCUT2D eigenvalue weighted by atomic mass is 35.5. The van der Waals surface area contributed by atoms with Crippen molar-refractivity contribution < 1.29 is 8.42 Å². The molecule has 0 fully saturated rings. The topological polar surface area (TPSA) is 89.8 Å². The molecular weight excluding hydrogens is 358 g/mol. The van der Waals surface area contributed by atoms with Crippen molar-refractivity contribution in [1.29, 1.82) is 0 Å². The number of halogens is 1. The fourth-order valence-corrected chi connectivity index (χ4v) is 3.63. The second kappa shape index (κ2) is 6.26. The smallest absolute Gasteiger partial charge is 0.265 e. The molecule has 0 bridgehead atoms. The quantitative estimate of drug-likeness (QED) is 0.746. The Bertz CT molecular complexity index is 935. The number of nitrogens with one attached hydrogen (secondary N) is 1. The van der Waals surface area contributed by atoms with E-state index in [4.69, 9.17) is 11.6 Å². The van der Waals surface area contributed by atoms with Crippen LogP contribution in [0, 0.1) is 0 Å². The van der Waals surface area contributed by atoms with Gasteiger partial charge in [-0.15, -0.1) is 5.10 Å². The van der Waals surface area contributed by atoms with Gasteiger partial charge in [0.05, 0.1) is 6.20 Å². The van der Waals surface area contributed by atoms with Crippen LogP contribution in [0.5, 0.6) is 0 Å². The molecule has 1 aromatic carbocycles. The number of hydrogen-bond acceptors (Lipinski definition) is 6. The number of sulfonamides is 1. The first kappa shape index (κ1) is 15.9. The van der Waals surface area contributed by atoms with E-state index < -0.39 is 10.0 Å². The molecule has 0 aliphatic rings. The molecule has 7 nitrogen and oxygen atoms in total. The minimum absolute atomic E-state index is 0.109. The van der Waals surface area contributed by atoms with E-state index in [0.717, 1.165) is 11.5 Å². The lowest BCUT2D eigenvalue weighted by molar-refractivity contribution is 0.600. The van der Waals surface area contributed by atoms with Crippen LogP contribution >= 0.6 is 23.1 Å². The maximum absolute atomic E-state index is 12.4. The van der Waals surface area contributed by atoms with Crippen LogP contribution in [0.3, 0.4) is 0 Å². The van der Waals surface area contributed by atoms with E-state index in [0.29, 0.717) is 27.8 Å². The van der Waals surface area contributed by atoms with Crippen molar-refractivity contribution in [3.05, 3.63) is 41.0 Å². The number of rotatable bonds is 5. The SMILES string of the molecule is CCn1cc(S(=O)(=O)Nc2cccc(-c3nnsc3Cl)c2)cn1. The summed E-state index contributed by atoms with van der Waals surface area (Å²) in [6, 6.07) is 6.82. The lowest BCUT2D eigenvalue weighted by Gasteiger charge is -2.07. The first-order valence-corrected chi connectivity index (χ1v) is 9.26. The average Bonchev–Trinajstić information content (AvgIpc) is 3.16. The third kappa shape index (κ3) is 3.36. The molecule has 0 saturated carbocycles. The summed E-state index contributed by atoms with van der Waals surface area (Å²) in [5.41, 5.74) is 1.63. The summed E-state index contributed by atoms with van der Waals surface area (Å²) in [5, 5.41) is 7.92. The van der Waals surface area contributed by atoms with E-state index in [-0.39, 0.29) is 4.90 Å². The van der Waals surface area contributed by atoms with Gasteiger partial charge in [0.15, 0.2) is 0 Å². The number of benzene rings is 1. The van der Waals surface area contributed by atoms with E-state index in [9.17, 15) is 8.42 Å². The van der Waals surface area contributed by atoms with Crippen LogP contribution in [-0.2, 0) is 16.6 Å². The Balaban J connectivity index is 1.89. The monoisotopic (exact) mass is 369 g/mol. The first-order valence-electron chi connectivity index (χ1n) is 6.63. The Morgan fingerprint density at radius 3 is 2.87 bits per heavy atom. The maximum atomic E-state index is 12.4. The molecule has 10 heteroatoms. The van der Waals surface area contributed by atoms with Gasteiger partial charge in [0.25, 0.3) is 10.0 Å². The highest BCUT2D eigenvalue weighted by Crippen LogP contribution is 2.30. The number of anilines is 1. The third-order valence-corrected chi connectivity index (χ3v) is 5.32. The van der Waals surface area contributed by atoms with Crippen LogP contribution in [-0.4, -0.2) is 27.8 Å². The van der Waals surface area contributed by atoms with Gasteiger partial charge in [-0.25, -0.2) is 8.42 Å². The van der Waals surface area contributed by atoms with Crippen LogP contribution in [0.2, 0.25) is 4.34 Å².